The molecule has 0 atom stereocenters. The first-order valence-electron chi connectivity index (χ1n) is 6.13. The fraction of sp³-hybridized carbons (Fsp3) is 0.0625. The number of benzene rings is 2. The van der Waals surface area contributed by atoms with Gasteiger partial charge in [0.2, 0.25) is 0 Å². The zero-order valence-corrected chi connectivity index (χ0v) is 12.5. The first-order valence-corrected chi connectivity index (χ1v) is 7.49. The van der Waals surface area contributed by atoms with Crippen LogP contribution in [0.3, 0.4) is 0 Å². The van der Waals surface area contributed by atoms with Crippen LogP contribution in [-0.4, -0.2) is 11.1 Å². The Kier molecular flexibility index (Phi) is 5.42. The first kappa shape index (κ1) is 15.6. The Bertz CT molecular complexity index is 686. The number of rotatable bonds is 5. The average molecular weight is 323 g/mol. The summed E-state index contributed by atoms with van der Waals surface area (Å²) in [6.07, 6.45) is 2.34. The van der Waals surface area contributed by atoms with Gasteiger partial charge in [-0.15, -0.1) is 11.8 Å². The van der Waals surface area contributed by atoms with Gasteiger partial charge in [0.1, 0.15) is 5.82 Å². The Labute approximate surface area is 131 Å². The lowest BCUT2D eigenvalue weighted by Gasteiger charge is -2.06. The van der Waals surface area contributed by atoms with Crippen molar-refractivity contribution in [2.75, 3.05) is 0 Å². The Balaban J connectivity index is 2.08. The monoisotopic (exact) mass is 322 g/mol. The summed E-state index contributed by atoms with van der Waals surface area (Å²) in [6, 6.07) is 12.1. The number of thioether (sulfide) groups is 1. The van der Waals surface area contributed by atoms with Crippen molar-refractivity contribution in [3.8, 4) is 0 Å². The number of hydrogen-bond donors (Lipinski definition) is 1. The highest BCUT2D eigenvalue weighted by atomic mass is 35.5. The Morgan fingerprint density at radius 2 is 2.05 bits per heavy atom. The van der Waals surface area contributed by atoms with Gasteiger partial charge < -0.3 is 5.11 Å². The number of carbonyl (C=O) groups is 1. The topological polar surface area (TPSA) is 37.3 Å². The maximum absolute atomic E-state index is 14.0. The van der Waals surface area contributed by atoms with Gasteiger partial charge in [-0.05, 0) is 35.4 Å². The van der Waals surface area contributed by atoms with Crippen molar-refractivity contribution in [1.82, 2.24) is 0 Å². The van der Waals surface area contributed by atoms with Crippen LogP contribution in [0.5, 0.6) is 0 Å². The first-order chi connectivity index (χ1) is 10.1. The van der Waals surface area contributed by atoms with E-state index in [-0.39, 0.29) is 5.82 Å². The molecule has 0 aliphatic carbocycles. The Morgan fingerprint density at radius 3 is 2.71 bits per heavy atom. The van der Waals surface area contributed by atoms with E-state index >= 15 is 0 Å². The molecule has 0 saturated heterocycles. The molecule has 2 aromatic carbocycles. The molecular formula is C16H12ClFO2S. The smallest absolute Gasteiger partial charge is 0.328 e. The van der Waals surface area contributed by atoms with Gasteiger partial charge in [0.15, 0.2) is 0 Å². The highest BCUT2D eigenvalue weighted by Gasteiger charge is 2.05. The minimum atomic E-state index is -1.06. The van der Waals surface area contributed by atoms with Crippen LogP contribution in [0, 0.1) is 5.82 Å². The third-order valence-corrected chi connectivity index (χ3v) is 4.28. The summed E-state index contributed by atoms with van der Waals surface area (Å²) >= 11 is 7.50. The molecule has 0 unspecified atom stereocenters. The normalized spacial score (nSPS) is 11.0. The van der Waals surface area contributed by atoms with E-state index in [0.29, 0.717) is 21.9 Å². The molecule has 5 heteroatoms. The van der Waals surface area contributed by atoms with Crippen LogP contribution in [-0.2, 0) is 10.5 Å². The molecule has 0 heterocycles. The number of carboxylic acids is 1. The largest absolute Gasteiger partial charge is 0.478 e. The highest BCUT2D eigenvalue weighted by Crippen LogP contribution is 2.30. The predicted molar refractivity (Wildman–Crippen MR) is 84.1 cm³/mol. The molecule has 0 aromatic heterocycles. The minimum absolute atomic E-state index is 0.359. The number of aliphatic carboxylic acids is 1. The van der Waals surface area contributed by atoms with Crippen LogP contribution in [0.1, 0.15) is 11.1 Å². The number of carboxylic acid groups (broad SMARTS) is 1. The molecule has 0 bridgehead atoms. The lowest BCUT2D eigenvalue weighted by atomic mass is 10.1. The van der Waals surface area contributed by atoms with Crippen LogP contribution in [0.25, 0.3) is 6.08 Å². The van der Waals surface area contributed by atoms with Gasteiger partial charge in [-0.3, -0.25) is 0 Å². The van der Waals surface area contributed by atoms with Crippen molar-refractivity contribution in [2.45, 2.75) is 10.6 Å². The summed E-state index contributed by atoms with van der Waals surface area (Å²) in [5.41, 5.74) is 1.06. The molecule has 0 amide bonds. The Morgan fingerprint density at radius 1 is 1.29 bits per heavy atom. The summed E-state index contributed by atoms with van der Waals surface area (Å²) in [5.74, 6) is -0.964. The van der Waals surface area contributed by atoms with Crippen molar-refractivity contribution < 1.29 is 14.3 Å². The summed E-state index contributed by atoms with van der Waals surface area (Å²) in [5, 5.41) is 9.18. The molecule has 2 nitrogen and oxygen atoms in total. The van der Waals surface area contributed by atoms with E-state index in [0.717, 1.165) is 11.0 Å². The molecule has 0 fully saturated rings. The molecule has 0 saturated carbocycles. The second-order valence-corrected chi connectivity index (χ2v) is 5.67. The van der Waals surface area contributed by atoms with E-state index in [1.165, 1.54) is 23.9 Å². The van der Waals surface area contributed by atoms with Gasteiger partial charge in [0.25, 0.3) is 0 Å². The summed E-state index contributed by atoms with van der Waals surface area (Å²) in [6.45, 7) is 0. The third kappa shape index (κ3) is 4.62. The predicted octanol–water partition coefficient (Wildman–Crippen LogP) is 4.87. The van der Waals surface area contributed by atoms with Gasteiger partial charge >= 0.3 is 5.97 Å². The molecule has 108 valence electrons. The van der Waals surface area contributed by atoms with E-state index in [9.17, 15) is 9.18 Å². The zero-order chi connectivity index (χ0) is 15.2. The molecule has 0 aliphatic rings. The maximum atomic E-state index is 14.0. The molecule has 2 rings (SSSR count). The van der Waals surface area contributed by atoms with Crippen molar-refractivity contribution in [3.63, 3.8) is 0 Å². The molecule has 1 N–H and O–H groups in total. The summed E-state index contributed by atoms with van der Waals surface area (Å²) < 4.78 is 14.0. The van der Waals surface area contributed by atoms with Crippen LogP contribution in [0.15, 0.2) is 53.4 Å². The van der Waals surface area contributed by atoms with Crippen LogP contribution >= 0.6 is 23.4 Å². The van der Waals surface area contributed by atoms with E-state index in [1.54, 1.807) is 18.2 Å². The zero-order valence-electron chi connectivity index (χ0n) is 10.9. The molecule has 2 aromatic rings. The minimum Gasteiger partial charge on any atom is -0.478 e. The van der Waals surface area contributed by atoms with E-state index in [2.05, 4.69) is 0 Å². The second-order valence-electron chi connectivity index (χ2n) is 4.24. The van der Waals surface area contributed by atoms with Crippen molar-refractivity contribution in [2.24, 2.45) is 0 Å². The third-order valence-electron chi connectivity index (χ3n) is 2.72. The quantitative estimate of drug-likeness (QED) is 0.630. The fourth-order valence-electron chi connectivity index (χ4n) is 1.67. The van der Waals surface area contributed by atoms with Gasteiger partial charge in [-0.1, -0.05) is 35.9 Å². The number of hydrogen-bond acceptors (Lipinski definition) is 2. The van der Waals surface area contributed by atoms with Crippen molar-refractivity contribution in [3.05, 3.63) is 70.5 Å². The van der Waals surface area contributed by atoms with Gasteiger partial charge in [0.05, 0.1) is 5.02 Å². The van der Waals surface area contributed by atoms with Gasteiger partial charge in [-0.2, -0.15) is 0 Å². The average Bonchev–Trinajstić information content (AvgIpc) is 2.45. The molecule has 0 radical (unpaired) electrons. The maximum Gasteiger partial charge on any atom is 0.328 e. The van der Waals surface area contributed by atoms with E-state index < -0.39 is 5.97 Å². The second kappa shape index (κ2) is 7.29. The van der Waals surface area contributed by atoms with Crippen molar-refractivity contribution >= 4 is 35.4 Å². The van der Waals surface area contributed by atoms with E-state index in [4.69, 9.17) is 16.7 Å². The van der Waals surface area contributed by atoms with Gasteiger partial charge in [0, 0.05) is 16.7 Å². The molecule has 0 aliphatic heterocycles. The highest BCUT2D eigenvalue weighted by molar-refractivity contribution is 7.98. The lowest BCUT2D eigenvalue weighted by Crippen LogP contribution is -1.90. The van der Waals surface area contributed by atoms with Crippen LogP contribution < -0.4 is 0 Å². The summed E-state index contributed by atoms with van der Waals surface area (Å²) in [7, 11) is 0. The van der Waals surface area contributed by atoms with E-state index in [1.807, 2.05) is 18.2 Å². The SMILES string of the molecule is O=C(O)C=Cc1ccc(CSc2ccccc2Cl)c(F)c1. The van der Waals surface area contributed by atoms with Crippen LogP contribution in [0.2, 0.25) is 5.02 Å². The fourth-order valence-corrected chi connectivity index (χ4v) is 2.89. The van der Waals surface area contributed by atoms with Crippen molar-refractivity contribution in [1.29, 1.82) is 0 Å². The molecule has 21 heavy (non-hydrogen) atoms. The number of halogens is 2. The standard InChI is InChI=1S/C16H12ClFO2S/c17-13-3-1-2-4-15(13)21-10-12-7-5-11(9-14(12)18)6-8-16(19)20/h1-9H,10H2,(H,19,20). The van der Waals surface area contributed by atoms with Crippen LogP contribution in [0.4, 0.5) is 4.39 Å². The summed E-state index contributed by atoms with van der Waals surface area (Å²) in [4.78, 5) is 11.3. The lowest BCUT2D eigenvalue weighted by molar-refractivity contribution is -0.131. The Hall–Kier alpha value is -1.78. The molecular weight excluding hydrogens is 311 g/mol. The van der Waals surface area contributed by atoms with Gasteiger partial charge in [-0.25, -0.2) is 9.18 Å². The molecule has 0 spiro atoms.